The Labute approximate surface area is 140 Å². The third-order valence-corrected chi connectivity index (χ3v) is 8.79. The molecule has 124 valence electrons. The molecule has 0 spiro atoms. The van der Waals surface area contributed by atoms with Gasteiger partial charge in [0.25, 0.3) is 0 Å². The van der Waals surface area contributed by atoms with Gasteiger partial charge in [0.2, 0.25) is 0 Å². The van der Waals surface area contributed by atoms with Crippen molar-refractivity contribution in [2.75, 3.05) is 31.7 Å². The van der Waals surface area contributed by atoms with Crippen molar-refractivity contribution in [2.45, 2.75) is 23.3 Å². The first-order chi connectivity index (χ1) is 11.3. The molecule has 23 heavy (non-hydrogen) atoms. The molecular formula is C19H26N2OS. The third kappa shape index (κ3) is 3.44. The van der Waals surface area contributed by atoms with E-state index in [2.05, 4.69) is 61.0 Å². The van der Waals surface area contributed by atoms with Crippen molar-refractivity contribution in [3.8, 4) is 0 Å². The van der Waals surface area contributed by atoms with Crippen LogP contribution < -0.4 is 5.32 Å². The number of aromatic nitrogens is 1. The molecule has 3 nitrogen and oxygen atoms in total. The summed E-state index contributed by atoms with van der Waals surface area (Å²) in [4.78, 5) is 4.72. The number of hydrogen-bond acceptors (Lipinski definition) is 3. The highest BCUT2D eigenvalue weighted by Gasteiger charge is 2.38. The summed E-state index contributed by atoms with van der Waals surface area (Å²) in [7, 11) is -1.13. The van der Waals surface area contributed by atoms with Gasteiger partial charge in [0, 0.05) is 24.5 Å². The van der Waals surface area contributed by atoms with Crippen molar-refractivity contribution in [3.05, 3.63) is 60.3 Å². The van der Waals surface area contributed by atoms with Crippen LogP contribution in [0, 0.1) is 0 Å². The summed E-state index contributed by atoms with van der Waals surface area (Å²) in [5.41, 5.74) is 1.37. The zero-order chi connectivity index (χ0) is 16.1. The first-order valence-corrected chi connectivity index (χ1v) is 10.6. The summed E-state index contributed by atoms with van der Waals surface area (Å²) in [5, 5.41) is 5.09. The minimum Gasteiger partial charge on any atom is -0.374 e. The number of morpholine rings is 1. The van der Waals surface area contributed by atoms with Crippen LogP contribution in [0.1, 0.15) is 17.7 Å². The van der Waals surface area contributed by atoms with E-state index in [4.69, 9.17) is 9.72 Å². The monoisotopic (exact) mass is 330 g/mol. The standard InChI is InChI=1S/C19H26N2OS/c1-3-23(2,18-11-7-8-12-21-18)19(16-9-5-4-6-10-16)17-15-20-13-14-22-17/h4-12,17,19-20H,3,13-15H2,1-2H3. The minimum atomic E-state index is -1.13. The lowest BCUT2D eigenvalue weighted by atomic mass is 10.1. The van der Waals surface area contributed by atoms with Crippen LogP contribution in [0.3, 0.4) is 0 Å². The van der Waals surface area contributed by atoms with Crippen molar-refractivity contribution >= 4 is 10.0 Å². The molecule has 0 aliphatic carbocycles. The molecule has 1 aliphatic rings. The number of nitrogens with one attached hydrogen (secondary N) is 1. The Morgan fingerprint density at radius 2 is 2.00 bits per heavy atom. The Balaban J connectivity index is 2.05. The molecule has 0 radical (unpaired) electrons. The second kappa shape index (κ2) is 7.47. The Kier molecular flexibility index (Phi) is 5.36. The van der Waals surface area contributed by atoms with Crippen LogP contribution in [-0.4, -0.2) is 42.8 Å². The quantitative estimate of drug-likeness (QED) is 0.909. The Morgan fingerprint density at radius 1 is 1.22 bits per heavy atom. The Morgan fingerprint density at radius 3 is 2.61 bits per heavy atom. The molecule has 0 bridgehead atoms. The van der Waals surface area contributed by atoms with Crippen molar-refractivity contribution in [3.63, 3.8) is 0 Å². The molecule has 2 heterocycles. The molecule has 3 unspecified atom stereocenters. The number of pyridine rings is 1. The molecule has 1 aromatic heterocycles. The number of rotatable bonds is 5. The number of ether oxygens (including phenoxy) is 1. The third-order valence-electron chi connectivity index (χ3n) is 4.70. The molecule has 3 rings (SSSR count). The van der Waals surface area contributed by atoms with Gasteiger partial charge in [0.15, 0.2) is 0 Å². The lowest BCUT2D eigenvalue weighted by molar-refractivity contribution is 0.0265. The van der Waals surface area contributed by atoms with Gasteiger partial charge in [-0.15, -0.1) is 0 Å². The predicted octanol–water partition coefficient (Wildman–Crippen LogP) is 3.62. The lowest BCUT2D eigenvalue weighted by Crippen LogP contribution is -2.43. The Hall–Kier alpha value is -1.36. The van der Waals surface area contributed by atoms with E-state index < -0.39 is 10.0 Å². The van der Waals surface area contributed by atoms with E-state index in [0.717, 1.165) is 25.4 Å². The minimum absolute atomic E-state index is 0.202. The summed E-state index contributed by atoms with van der Waals surface area (Å²) >= 11 is 0. The van der Waals surface area contributed by atoms with Gasteiger partial charge in [0.1, 0.15) is 0 Å². The number of benzene rings is 1. The molecule has 2 aromatic rings. The molecule has 1 N–H and O–H groups in total. The van der Waals surface area contributed by atoms with Crippen molar-refractivity contribution in [2.24, 2.45) is 0 Å². The van der Waals surface area contributed by atoms with Gasteiger partial charge in [-0.1, -0.05) is 43.3 Å². The molecule has 1 aliphatic heterocycles. The molecule has 4 heteroatoms. The maximum Gasteiger partial charge on any atom is 0.0848 e. The van der Waals surface area contributed by atoms with Gasteiger partial charge < -0.3 is 10.1 Å². The first-order valence-electron chi connectivity index (χ1n) is 8.29. The van der Waals surface area contributed by atoms with E-state index in [1.54, 1.807) is 0 Å². The highest BCUT2D eigenvalue weighted by molar-refractivity contribution is 8.33. The zero-order valence-electron chi connectivity index (χ0n) is 13.9. The summed E-state index contributed by atoms with van der Waals surface area (Å²) < 4.78 is 6.19. The highest BCUT2D eigenvalue weighted by Crippen LogP contribution is 2.64. The van der Waals surface area contributed by atoms with Crippen molar-refractivity contribution in [1.29, 1.82) is 0 Å². The van der Waals surface area contributed by atoms with Gasteiger partial charge in [-0.25, -0.2) is 0 Å². The maximum atomic E-state index is 6.19. The first kappa shape index (κ1) is 16.5. The van der Waals surface area contributed by atoms with Crippen LogP contribution in [0.25, 0.3) is 0 Å². The normalized spacial score (nSPS) is 23.7. The fourth-order valence-electron chi connectivity index (χ4n) is 3.35. The largest absolute Gasteiger partial charge is 0.374 e. The van der Waals surface area contributed by atoms with Gasteiger partial charge in [-0.3, -0.25) is 4.98 Å². The molecule has 1 fully saturated rings. The van der Waals surface area contributed by atoms with E-state index in [1.807, 2.05) is 12.3 Å². The van der Waals surface area contributed by atoms with E-state index in [9.17, 15) is 0 Å². The van der Waals surface area contributed by atoms with Crippen LogP contribution in [0.4, 0.5) is 0 Å². The van der Waals surface area contributed by atoms with Gasteiger partial charge in [-0.2, -0.15) is 10.0 Å². The lowest BCUT2D eigenvalue weighted by Gasteiger charge is -2.47. The molecule has 3 atom stereocenters. The van der Waals surface area contributed by atoms with E-state index in [1.165, 1.54) is 10.6 Å². The summed E-state index contributed by atoms with van der Waals surface area (Å²) in [6, 6.07) is 17.1. The second-order valence-electron chi connectivity index (χ2n) is 6.06. The summed E-state index contributed by atoms with van der Waals surface area (Å²) in [6.45, 7) is 4.93. The average molecular weight is 330 g/mol. The van der Waals surface area contributed by atoms with Crippen molar-refractivity contribution in [1.82, 2.24) is 10.3 Å². The topological polar surface area (TPSA) is 34.2 Å². The van der Waals surface area contributed by atoms with Crippen LogP contribution in [0.2, 0.25) is 0 Å². The summed E-state index contributed by atoms with van der Waals surface area (Å²) in [6.07, 6.45) is 4.52. The molecule has 1 aromatic carbocycles. The van der Waals surface area contributed by atoms with E-state index >= 15 is 0 Å². The highest BCUT2D eigenvalue weighted by atomic mass is 32.3. The SMILES string of the molecule is CCS(C)(c1ccccn1)C(c1ccccc1)C1CNCCO1. The smallest absolute Gasteiger partial charge is 0.0848 e. The number of nitrogens with zero attached hydrogens (tertiary/aromatic N) is 1. The fraction of sp³-hybridized carbons (Fsp3) is 0.421. The zero-order valence-corrected chi connectivity index (χ0v) is 14.8. The molecule has 0 saturated carbocycles. The molecule has 0 amide bonds. The van der Waals surface area contributed by atoms with Crippen LogP contribution in [0.5, 0.6) is 0 Å². The van der Waals surface area contributed by atoms with Crippen LogP contribution in [0.15, 0.2) is 59.8 Å². The van der Waals surface area contributed by atoms with Crippen molar-refractivity contribution < 1.29 is 4.74 Å². The predicted molar refractivity (Wildman–Crippen MR) is 98.4 cm³/mol. The van der Waals surface area contributed by atoms with Gasteiger partial charge in [-0.05, 0) is 29.7 Å². The fourth-order valence-corrected chi connectivity index (χ4v) is 6.56. The summed E-state index contributed by atoms with van der Waals surface area (Å²) in [5.74, 6) is 1.10. The number of hydrogen-bond donors (Lipinski definition) is 1. The van der Waals surface area contributed by atoms with E-state index in [-0.39, 0.29) is 6.10 Å². The molecule has 1 saturated heterocycles. The average Bonchev–Trinajstić information content (AvgIpc) is 2.64. The van der Waals surface area contributed by atoms with Gasteiger partial charge in [0.05, 0.1) is 17.7 Å². The maximum absolute atomic E-state index is 6.19. The van der Waals surface area contributed by atoms with Crippen LogP contribution >= 0.6 is 10.0 Å². The van der Waals surface area contributed by atoms with Gasteiger partial charge >= 0.3 is 0 Å². The second-order valence-corrected chi connectivity index (χ2v) is 9.88. The molecular weight excluding hydrogens is 304 g/mol. The van der Waals surface area contributed by atoms with Crippen LogP contribution in [-0.2, 0) is 4.74 Å². The Bertz CT molecular complexity index is 601. The van der Waals surface area contributed by atoms with E-state index in [0.29, 0.717) is 5.25 Å².